The van der Waals surface area contributed by atoms with Gasteiger partial charge in [-0.2, -0.15) is 0 Å². The summed E-state index contributed by atoms with van der Waals surface area (Å²) in [5.74, 6) is -2.33. The first-order chi connectivity index (χ1) is 17.2. The fraction of sp³-hybridized carbons (Fsp3) is 0.308. The Morgan fingerprint density at radius 2 is 1.94 bits per heavy atom. The van der Waals surface area contributed by atoms with E-state index in [0.29, 0.717) is 22.9 Å². The minimum atomic E-state index is -1.11. The minimum absolute atomic E-state index is 0.0242. The van der Waals surface area contributed by atoms with Crippen LogP contribution in [-0.2, 0) is 22.7 Å². The Hall–Kier alpha value is -3.72. The zero-order valence-corrected chi connectivity index (χ0v) is 20.1. The van der Waals surface area contributed by atoms with Crippen molar-refractivity contribution in [2.24, 2.45) is 5.92 Å². The first kappa shape index (κ1) is 24.0. The number of nitrogens with one attached hydrogen (secondary N) is 1. The van der Waals surface area contributed by atoms with Gasteiger partial charge in [0, 0.05) is 40.8 Å². The molecule has 2 fully saturated rings. The van der Waals surface area contributed by atoms with Crippen LogP contribution in [0.1, 0.15) is 46.0 Å². The highest BCUT2D eigenvalue weighted by Gasteiger charge is 2.55. The van der Waals surface area contributed by atoms with Gasteiger partial charge in [-0.25, -0.2) is 9.18 Å². The van der Waals surface area contributed by atoms with Crippen LogP contribution in [0, 0.1) is 11.7 Å². The lowest BCUT2D eigenvalue weighted by molar-refractivity contribution is -0.140. The molecular formula is C26H23ClFN3O5. The molecule has 1 saturated carbocycles. The number of rotatable bonds is 7. The summed E-state index contributed by atoms with van der Waals surface area (Å²) in [6.07, 6.45) is 2.91. The number of hydrogen-bond donors (Lipinski definition) is 2. The first-order valence-electron chi connectivity index (χ1n) is 11.5. The Morgan fingerprint density at radius 3 is 2.67 bits per heavy atom. The number of carbonyl (C=O) groups excluding carboxylic acids is 3. The molecule has 2 N–H and O–H groups in total. The van der Waals surface area contributed by atoms with Gasteiger partial charge in [-0.05, 0) is 49.9 Å². The van der Waals surface area contributed by atoms with Crippen molar-refractivity contribution in [2.45, 2.75) is 44.9 Å². The fourth-order valence-electron chi connectivity index (χ4n) is 5.10. The quantitative estimate of drug-likeness (QED) is 0.471. The van der Waals surface area contributed by atoms with Gasteiger partial charge in [0.2, 0.25) is 11.8 Å². The second kappa shape index (κ2) is 9.05. The number of fused-ring (bicyclic) bond motifs is 2. The topological polar surface area (TPSA) is 109 Å². The molecule has 10 heteroatoms. The Kier molecular flexibility index (Phi) is 6.04. The van der Waals surface area contributed by atoms with Gasteiger partial charge < -0.3 is 19.9 Å². The monoisotopic (exact) mass is 511 g/mol. The summed E-state index contributed by atoms with van der Waals surface area (Å²) in [5, 5.41) is 12.5. The molecule has 8 nitrogen and oxygen atoms in total. The number of carboxylic acid groups (broad SMARTS) is 1. The van der Waals surface area contributed by atoms with E-state index in [2.05, 4.69) is 5.32 Å². The molecule has 2 aromatic carbocycles. The molecule has 0 radical (unpaired) electrons. The van der Waals surface area contributed by atoms with Crippen LogP contribution < -0.4 is 5.32 Å². The highest BCUT2D eigenvalue weighted by Crippen LogP contribution is 2.48. The molecule has 1 saturated heterocycles. The van der Waals surface area contributed by atoms with E-state index in [1.165, 1.54) is 31.2 Å². The summed E-state index contributed by atoms with van der Waals surface area (Å²) in [4.78, 5) is 51.6. The van der Waals surface area contributed by atoms with Crippen LogP contribution in [0.3, 0.4) is 0 Å². The minimum Gasteiger partial charge on any atom is -0.478 e. The van der Waals surface area contributed by atoms with E-state index in [1.54, 1.807) is 27.8 Å². The summed E-state index contributed by atoms with van der Waals surface area (Å²) in [7, 11) is 0. The second-order valence-electron chi connectivity index (χ2n) is 9.31. The summed E-state index contributed by atoms with van der Waals surface area (Å²) in [6.45, 7) is 1.23. The molecule has 1 aromatic heterocycles. The number of amides is 2. The number of carboxylic acids is 1. The lowest BCUT2D eigenvalue weighted by atomic mass is 10.1. The Bertz CT molecular complexity index is 1430. The van der Waals surface area contributed by atoms with E-state index < -0.39 is 17.8 Å². The van der Waals surface area contributed by atoms with Crippen molar-refractivity contribution >= 4 is 46.1 Å². The number of piperidine rings is 1. The predicted octanol–water partition coefficient (Wildman–Crippen LogP) is 3.64. The number of aromatic nitrogens is 1. The molecule has 0 unspecified atom stereocenters. The van der Waals surface area contributed by atoms with Crippen LogP contribution in [0.15, 0.2) is 42.6 Å². The first-order valence-corrected chi connectivity index (χ1v) is 11.9. The lowest BCUT2D eigenvalue weighted by Gasteiger charge is -2.27. The Labute approximate surface area is 210 Å². The molecule has 1 aliphatic heterocycles. The Morgan fingerprint density at radius 1 is 1.17 bits per heavy atom. The maximum absolute atomic E-state index is 14.2. The molecule has 186 valence electrons. The highest BCUT2D eigenvalue weighted by molar-refractivity contribution is 6.30. The average Bonchev–Trinajstić information content (AvgIpc) is 3.35. The number of aromatic carboxylic acids is 1. The van der Waals surface area contributed by atoms with Gasteiger partial charge in [0.15, 0.2) is 5.78 Å². The zero-order valence-electron chi connectivity index (χ0n) is 19.3. The van der Waals surface area contributed by atoms with Crippen molar-refractivity contribution in [3.63, 3.8) is 0 Å². The molecule has 3 atom stereocenters. The molecule has 0 spiro atoms. The van der Waals surface area contributed by atoms with Gasteiger partial charge in [-0.15, -0.1) is 0 Å². The number of likely N-dealkylation sites (tertiary alicyclic amines) is 1. The largest absolute Gasteiger partial charge is 0.478 e. The van der Waals surface area contributed by atoms with E-state index in [4.69, 9.17) is 11.6 Å². The molecule has 0 bridgehead atoms. The normalized spacial score (nSPS) is 20.3. The van der Waals surface area contributed by atoms with Crippen LogP contribution >= 0.6 is 11.6 Å². The maximum atomic E-state index is 14.2. The zero-order chi connectivity index (χ0) is 25.7. The number of halogens is 2. The van der Waals surface area contributed by atoms with Gasteiger partial charge in [0.25, 0.3) is 0 Å². The van der Waals surface area contributed by atoms with Crippen LogP contribution in [0.5, 0.6) is 0 Å². The number of benzene rings is 2. The predicted molar refractivity (Wildman–Crippen MR) is 129 cm³/mol. The van der Waals surface area contributed by atoms with E-state index >= 15 is 0 Å². The third-order valence-electron chi connectivity index (χ3n) is 6.99. The fourth-order valence-corrected chi connectivity index (χ4v) is 5.30. The number of ketones is 1. The van der Waals surface area contributed by atoms with Crippen LogP contribution in [0.4, 0.5) is 4.39 Å². The highest BCUT2D eigenvalue weighted by atomic mass is 35.5. The summed E-state index contributed by atoms with van der Waals surface area (Å²) in [5.41, 5.74) is 1.18. The molecule has 2 aliphatic rings. The van der Waals surface area contributed by atoms with E-state index in [0.717, 1.165) is 6.42 Å². The van der Waals surface area contributed by atoms with Crippen molar-refractivity contribution < 1.29 is 28.7 Å². The van der Waals surface area contributed by atoms with Crippen molar-refractivity contribution in [2.75, 3.05) is 0 Å². The van der Waals surface area contributed by atoms with Crippen LogP contribution in [-0.4, -0.2) is 50.2 Å². The molecule has 2 amide bonds. The number of nitrogens with zero attached hydrogens (tertiary/aromatic N) is 2. The molecule has 1 aliphatic carbocycles. The standard InChI is InChI=1S/C26H23ClFN3O5/c1-13(32)18-11-30(20-6-5-14(26(35)36)7-17(18)20)12-23(33)31-21-8-16(21)9-22(31)25(34)29-10-15-3-2-4-19(27)24(15)28/h2-7,11,16,21-22H,8-10,12H2,1H3,(H,29,34)(H,35,36)/t16-,21-,22+/m1/s1. The summed E-state index contributed by atoms with van der Waals surface area (Å²) in [6, 6.07) is 8.30. The summed E-state index contributed by atoms with van der Waals surface area (Å²) >= 11 is 5.82. The SMILES string of the molecule is CC(=O)c1cn(CC(=O)N2[C@@H]3C[C@@H]3C[C@H]2C(=O)NCc2cccc(Cl)c2F)c2ccc(C(=O)O)cc12. The van der Waals surface area contributed by atoms with Crippen molar-refractivity contribution in [3.8, 4) is 0 Å². The maximum Gasteiger partial charge on any atom is 0.335 e. The number of Topliss-reactive ketones (excluding diaryl/α,β-unsaturated/α-hetero) is 1. The Balaban J connectivity index is 1.35. The molecular weight excluding hydrogens is 489 g/mol. The van der Waals surface area contributed by atoms with Gasteiger partial charge in [-0.3, -0.25) is 14.4 Å². The smallest absolute Gasteiger partial charge is 0.335 e. The van der Waals surface area contributed by atoms with E-state index in [-0.39, 0.29) is 58.8 Å². The number of hydrogen-bond acceptors (Lipinski definition) is 4. The summed E-state index contributed by atoms with van der Waals surface area (Å²) < 4.78 is 15.8. The van der Waals surface area contributed by atoms with Crippen molar-refractivity contribution in [1.82, 2.24) is 14.8 Å². The van der Waals surface area contributed by atoms with E-state index in [1.807, 2.05) is 0 Å². The molecule has 2 heterocycles. The van der Waals surface area contributed by atoms with E-state index in [9.17, 15) is 28.7 Å². The average molecular weight is 512 g/mol. The van der Waals surface area contributed by atoms with Crippen LogP contribution in [0.2, 0.25) is 5.02 Å². The third kappa shape index (κ3) is 4.24. The van der Waals surface area contributed by atoms with Gasteiger partial charge in [-0.1, -0.05) is 23.7 Å². The van der Waals surface area contributed by atoms with Crippen molar-refractivity contribution in [3.05, 3.63) is 70.1 Å². The van der Waals surface area contributed by atoms with Gasteiger partial charge >= 0.3 is 5.97 Å². The van der Waals surface area contributed by atoms with Crippen molar-refractivity contribution in [1.29, 1.82) is 0 Å². The molecule has 5 rings (SSSR count). The lowest BCUT2D eigenvalue weighted by Crippen LogP contribution is -2.48. The van der Waals surface area contributed by atoms with Crippen LogP contribution in [0.25, 0.3) is 10.9 Å². The number of carbonyl (C=O) groups is 4. The third-order valence-corrected chi connectivity index (χ3v) is 7.28. The molecule has 3 aromatic rings. The van der Waals surface area contributed by atoms with Gasteiger partial charge in [0.1, 0.15) is 18.4 Å². The second-order valence-corrected chi connectivity index (χ2v) is 9.72. The van der Waals surface area contributed by atoms with Gasteiger partial charge in [0.05, 0.1) is 10.6 Å². The molecule has 36 heavy (non-hydrogen) atoms.